The van der Waals surface area contributed by atoms with Crippen LogP contribution in [-0.2, 0) is 5.41 Å². The van der Waals surface area contributed by atoms with Gasteiger partial charge in [0.05, 0.1) is 5.41 Å². The lowest BCUT2D eigenvalue weighted by Gasteiger charge is -2.31. The van der Waals surface area contributed by atoms with Gasteiger partial charge in [-0.1, -0.05) is 200 Å². The number of fused-ring (bicyclic) bond motifs is 10. The summed E-state index contributed by atoms with van der Waals surface area (Å²) in [6.45, 7) is 0. The van der Waals surface area contributed by atoms with E-state index < -0.39 is 0 Å². The molecule has 0 aromatic heterocycles. The summed E-state index contributed by atoms with van der Waals surface area (Å²) in [7, 11) is 0. The van der Waals surface area contributed by atoms with Crippen molar-refractivity contribution in [3.05, 3.63) is 239 Å². The fraction of sp³-hybridized carbons (Fsp3) is 0.0400. The second-order valence-corrected chi connectivity index (χ2v) is 13.6. The summed E-state index contributed by atoms with van der Waals surface area (Å²) in [5, 5.41) is 0. The number of hydrogen-bond donors (Lipinski definition) is 0. The molecule has 8 aromatic rings. The third-order valence-electron chi connectivity index (χ3n) is 11.1. The zero-order valence-corrected chi connectivity index (χ0v) is 27.6. The lowest BCUT2D eigenvalue weighted by molar-refractivity contribution is 0.790. The van der Waals surface area contributed by atoms with Crippen molar-refractivity contribution in [2.45, 2.75) is 11.3 Å². The van der Waals surface area contributed by atoms with Gasteiger partial charge in [0.15, 0.2) is 0 Å². The van der Waals surface area contributed by atoms with Crippen LogP contribution in [-0.4, -0.2) is 0 Å². The smallest absolute Gasteiger partial charge is 0.0622 e. The van der Waals surface area contributed by atoms with Gasteiger partial charge in [-0.3, -0.25) is 0 Å². The zero-order valence-electron chi connectivity index (χ0n) is 27.6. The molecule has 10 rings (SSSR count). The van der Waals surface area contributed by atoms with Crippen molar-refractivity contribution in [3.63, 3.8) is 0 Å². The molecular formula is C50H34. The van der Waals surface area contributed by atoms with Crippen molar-refractivity contribution in [1.29, 1.82) is 0 Å². The van der Waals surface area contributed by atoms with Crippen LogP contribution in [0.2, 0.25) is 0 Å². The summed E-state index contributed by atoms with van der Waals surface area (Å²) >= 11 is 0. The number of rotatable bonds is 5. The monoisotopic (exact) mass is 634 g/mol. The van der Waals surface area contributed by atoms with Crippen molar-refractivity contribution in [3.8, 4) is 44.5 Å². The van der Waals surface area contributed by atoms with E-state index >= 15 is 0 Å². The average Bonchev–Trinajstić information content (AvgIpc) is 3.66. The van der Waals surface area contributed by atoms with E-state index in [0.717, 1.165) is 0 Å². The molecule has 0 aliphatic heterocycles. The van der Waals surface area contributed by atoms with E-state index in [0.29, 0.717) is 0 Å². The Morgan fingerprint density at radius 1 is 0.280 bits per heavy atom. The maximum Gasteiger partial charge on any atom is 0.0725 e. The van der Waals surface area contributed by atoms with E-state index in [1.807, 2.05) is 0 Å². The molecule has 234 valence electrons. The Hall–Kier alpha value is -6.24. The largest absolute Gasteiger partial charge is 0.0725 e. The topological polar surface area (TPSA) is 0 Å². The molecule has 1 unspecified atom stereocenters. The van der Waals surface area contributed by atoms with E-state index in [1.54, 1.807) is 0 Å². The first kappa shape index (κ1) is 28.7. The van der Waals surface area contributed by atoms with Gasteiger partial charge in [0.1, 0.15) is 0 Å². The van der Waals surface area contributed by atoms with Gasteiger partial charge in [-0.2, -0.15) is 0 Å². The van der Waals surface area contributed by atoms with E-state index in [1.165, 1.54) is 83.5 Å². The normalized spacial score (nSPS) is 13.7. The van der Waals surface area contributed by atoms with Crippen molar-refractivity contribution in [2.24, 2.45) is 0 Å². The summed E-state index contributed by atoms with van der Waals surface area (Å²) in [5.74, 6) is 0.0224. The molecule has 0 nitrogen and oxygen atoms in total. The molecule has 0 heteroatoms. The highest BCUT2D eigenvalue weighted by molar-refractivity contribution is 5.95. The highest BCUT2D eigenvalue weighted by Crippen LogP contribution is 2.63. The molecule has 50 heavy (non-hydrogen) atoms. The molecule has 8 aromatic carbocycles. The third-order valence-corrected chi connectivity index (χ3v) is 11.1. The Labute approximate surface area is 294 Å². The van der Waals surface area contributed by atoms with Crippen molar-refractivity contribution >= 4 is 0 Å². The Bertz CT molecular complexity index is 2460. The Balaban J connectivity index is 1.23. The minimum atomic E-state index is -0.379. The van der Waals surface area contributed by atoms with Gasteiger partial charge < -0.3 is 0 Å². The average molecular weight is 635 g/mol. The molecule has 0 heterocycles. The summed E-state index contributed by atoms with van der Waals surface area (Å²) in [6.07, 6.45) is 0. The van der Waals surface area contributed by atoms with Crippen LogP contribution in [0.4, 0.5) is 0 Å². The molecule has 1 spiro atoms. The second kappa shape index (κ2) is 11.4. The minimum Gasteiger partial charge on any atom is -0.0622 e. The Morgan fingerprint density at radius 2 is 0.700 bits per heavy atom. The van der Waals surface area contributed by atoms with Crippen molar-refractivity contribution < 1.29 is 0 Å². The maximum absolute atomic E-state index is 2.55. The molecular weight excluding hydrogens is 601 g/mol. The van der Waals surface area contributed by atoms with Crippen LogP contribution in [0.1, 0.15) is 44.9 Å². The van der Waals surface area contributed by atoms with Gasteiger partial charge in [0.25, 0.3) is 0 Å². The van der Waals surface area contributed by atoms with Crippen molar-refractivity contribution in [2.75, 3.05) is 0 Å². The molecule has 0 saturated heterocycles. The molecule has 1 atom stereocenters. The molecule has 0 radical (unpaired) electrons. The molecule has 0 saturated carbocycles. The fourth-order valence-corrected chi connectivity index (χ4v) is 8.97. The number of hydrogen-bond acceptors (Lipinski definition) is 0. The molecule has 2 aliphatic carbocycles. The zero-order chi connectivity index (χ0) is 33.1. The van der Waals surface area contributed by atoms with Gasteiger partial charge in [-0.25, -0.2) is 0 Å². The van der Waals surface area contributed by atoms with Gasteiger partial charge in [-0.05, 0) is 83.5 Å². The molecule has 0 amide bonds. The second-order valence-electron chi connectivity index (χ2n) is 13.6. The summed E-state index contributed by atoms with van der Waals surface area (Å²) in [4.78, 5) is 0. The summed E-state index contributed by atoms with van der Waals surface area (Å²) < 4.78 is 0. The third kappa shape index (κ3) is 4.18. The summed E-state index contributed by atoms with van der Waals surface area (Å²) in [5.41, 5.74) is 19.3. The van der Waals surface area contributed by atoms with Crippen LogP contribution in [0, 0.1) is 0 Å². The first-order valence-electron chi connectivity index (χ1n) is 17.6. The number of benzene rings is 8. The Morgan fingerprint density at radius 3 is 1.28 bits per heavy atom. The van der Waals surface area contributed by atoms with Gasteiger partial charge in [-0.15, -0.1) is 0 Å². The van der Waals surface area contributed by atoms with Gasteiger partial charge in [0.2, 0.25) is 0 Å². The highest BCUT2D eigenvalue weighted by Gasteiger charge is 2.51. The van der Waals surface area contributed by atoms with Crippen molar-refractivity contribution in [1.82, 2.24) is 0 Å². The van der Waals surface area contributed by atoms with E-state index in [2.05, 4.69) is 200 Å². The van der Waals surface area contributed by atoms with Crippen LogP contribution >= 0.6 is 0 Å². The lowest BCUT2D eigenvalue weighted by atomic mass is 9.69. The Kier molecular flexibility index (Phi) is 6.57. The van der Waals surface area contributed by atoms with E-state index in [9.17, 15) is 0 Å². The quantitative estimate of drug-likeness (QED) is 0.165. The molecule has 0 N–H and O–H groups in total. The van der Waals surface area contributed by atoms with Crippen LogP contribution in [0.25, 0.3) is 44.5 Å². The first-order valence-corrected chi connectivity index (χ1v) is 17.6. The maximum atomic E-state index is 2.55. The fourth-order valence-electron chi connectivity index (χ4n) is 8.97. The lowest BCUT2D eigenvalue weighted by Crippen LogP contribution is -2.26. The van der Waals surface area contributed by atoms with Crippen LogP contribution in [0.15, 0.2) is 200 Å². The van der Waals surface area contributed by atoms with E-state index in [-0.39, 0.29) is 11.3 Å². The predicted molar refractivity (Wildman–Crippen MR) is 207 cm³/mol. The standard InChI is InChI=1S/C50H34/c1-3-15-34(16-4-1)35-27-29-37(30-28-35)49(44-23-8-7-19-39(44)36-17-5-2-6-18-36)38-31-32-43-42-22-11-14-26-47(42)50(48(43)33-38)45-24-12-9-20-40(45)41-21-10-13-25-46(41)50/h1-33,49H. The SMILES string of the molecule is c1ccc(-c2ccc(C(c3ccc4c(c3)C3(c5ccccc5-c5ccccc53)c3ccccc3-4)c3ccccc3-c3ccccc3)cc2)cc1. The van der Waals surface area contributed by atoms with Crippen LogP contribution in [0.5, 0.6) is 0 Å². The van der Waals surface area contributed by atoms with Crippen LogP contribution < -0.4 is 0 Å². The van der Waals surface area contributed by atoms with E-state index in [4.69, 9.17) is 0 Å². The predicted octanol–water partition coefficient (Wildman–Crippen LogP) is 12.5. The molecule has 0 fully saturated rings. The van der Waals surface area contributed by atoms with Gasteiger partial charge >= 0.3 is 0 Å². The molecule has 2 aliphatic rings. The van der Waals surface area contributed by atoms with Gasteiger partial charge in [0, 0.05) is 5.92 Å². The first-order chi connectivity index (χ1) is 24.8. The molecule has 0 bridgehead atoms. The highest BCUT2D eigenvalue weighted by atomic mass is 14.5. The summed E-state index contributed by atoms with van der Waals surface area (Å²) in [6, 6.07) is 74.3. The van der Waals surface area contributed by atoms with Crippen LogP contribution in [0.3, 0.4) is 0 Å². The minimum absolute atomic E-state index is 0.0224.